The Balaban J connectivity index is 1.86. The van der Waals surface area contributed by atoms with E-state index < -0.39 is 0 Å². The standard InChI is InChI=1S/C22H35N3O5/c1-6-24(7-2)21(27)16-23-10-12-25(13-11-23)20(26)9-8-17-14-18(28-3)22(30-5)19(15-17)29-4/h14-15H,6-13,16H2,1-5H3. The zero-order chi connectivity index (χ0) is 22.1. The number of hydrogen-bond donors (Lipinski definition) is 0. The van der Waals surface area contributed by atoms with Crippen LogP contribution < -0.4 is 14.2 Å². The highest BCUT2D eigenvalue weighted by atomic mass is 16.5. The largest absolute Gasteiger partial charge is 0.493 e. The number of amides is 2. The summed E-state index contributed by atoms with van der Waals surface area (Å²) in [5, 5.41) is 0. The Morgan fingerprint density at radius 3 is 1.97 bits per heavy atom. The number of methoxy groups -OCH3 is 3. The number of aryl methyl sites for hydroxylation is 1. The average molecular weight is 422 g/mol. The van der Waals surface area contributed by atoms with Gasteiger partial charge >= 0.3 is 0 Å². The molecule has 8 nitrogen and oxygen atoms in total. The molecule has 0 N–H and O–H groups in total. The fraction of sp³-hybridized carbons (Fsp3) is 0.636. The summed E-state index contributed by atoms with van der Waals surface area (Å²) in [5.41, 5.74) is 0.960. The van der Waals surface area contributed by atoms with Crippen LogP contribution in [-0.2, 0) is 16.0 Å². The Hall–Kier alpha value is -2.48. The van der Waals surface area contributed by atoms with Crippen LogP contribution >= 0.6 is 0 Å². The molecule has 8 heteroatoms. The third-order valence-electron chi connectivity index (χ3n) is 5.55. The van der Waals surface area contributed by atoms with Crippen molar-refractivity contribution in [1.29, 1.82) is 0 Å². The van der Waals surface area contributed by atoms with Crippen molar-refractivity contribution in [3.8, 4) is 17.2 Å². The summed E-state index contributed by atoms with van der Waals surface area (Å²) < 4.78 is 16.1. The Morgan fingerprint density at radius 2 is 1.50 bits per heavy atom. The van der Waals surface area contributed by atoms with Gasteiger partial charge in [-0.15, -0.1) is 0 Å². The minimum Gasteiger partial charge on any atom is -0.493 e. The SMILES string of the molecule is CCN(CC)C(=O)CN1CCN(C(=O)CCc2cc(OC)c(OC)c(OC)c2)CC1. The van der Waals surface area contributed by atoms with Gasteiger partial charge in [0.1, 0.15) is 0 Å². The normalized spacial score (nSPS) is 14.4. The van der Waals surface area contributed by atoms with Crippen molar-refractivity contribution in [3.63, 3.8) is 0 Å². The molecule has 1 aromatic rings. The molecule has 2 amide bonds. The molecule has 0 aromatic heterocycles. The molecule has 1 heterocycles. The number of piperazine rings is 1. The van der Waals surface area contributed by atoms with E-state index in [4.69, 9.17) is 14.2 Å². The number of hydrogen-bond acceptors (Lipinski definition) is 6. The minimum atomic E-state index is 0.124. The molecule has 0 atom stereocenters. The van der Waals surface area contributed by atoms with Crippen LogP contribution in [0, 0.1) is 0 Å². The van der Waals surface area contributed by atoms with E-state index in [1.165, 1.54) is 0 Å². The Kier molecular flexibility index (Phi) is 9.23. The summed E-state index contributed by atoms with van der Waals surface area (Å²) in [5.74, 6) is 2.00. The Bertz CT molecular complexity index is 688. The fourth-order valence-corrected chi connectivity index (χ4v) is 3.71. The summed E-state index contributed by atoms with van der Waals surface area (Å²) >= 11 is 0. The van der Waals surface area contributed by atoms with Crippen molar-refractivity contribution in [2.45, 2.75) is 26.7 Å². The Morgan fingerprint density at radius 1 is 0.933 bits per heavy atom. The second-order valence-electron chi connectivity index (χ2n) is 7.26. The molecule has 30 heavy (non-hydrogen) atoms. The Labute approximate surface area is 179 Å². The highest BCUT2D eigenvalue weighted by Gasteiger charge is 2.23. The predicted octanol–water partition coefficient (Wildman–Crippen LogP) is 1.66. The van der Waals surface area contributed by atoms with Crippen molar-refractivity contribution >= 4 is 11.8 Å². The zero-order valence-corrected chi connectivity index (χ0v) is 18.9. The van der Waals surface area contributed by atoms with Crippen LogP contribution in [0.3, 0.4) is 0 Å². The molecule has 0 bridgehead atoms. The lowest BCUT2D eigenvalue weighted by atomic mass is 10.1. The van der Waals surface area contributed by atoms with Gasteiger partial charge in [-0.2, -0.15) is 0 Å². The monoisotopic (exact) mass is 421 g/mol. The molecule has 0 aliphatic carbocycles. The molecule has 2 rings (SSSR count). The first-order chi connectivity index (χ1) is 14.5. The first kappa shape index (κ1) is 23.8. The minimum absolute atomic E-state index is 0.124. The van der Waals surface area contributed by atoms with Gasteiger partial charge in [0.05, 0.1) is 27.9 Å². The van der Waals surface area contributed by atoms with Crippen molar-refractivity contribution in [2.24, 2.45) is 0 Å². The maximum absolute atomic E-state index is 12.7. The molecule has 0 saturated carbocycles. The number of benzene rings is 1. The molecule has 168 valence electrons. The van der Waals surface area contributed by atoms with E-state index in [1.54, 1.807) is 21.3 Å². The molecule has 1 aromatic carbocycles. The van der Waals surface area contributed by atoms with Gasteiger partial charge in [0.2, 0.25) is 17.6 Å². The van der Waals surface area contributed by atoms with Crippen molar-refractivity contribution < 1.29 is 23.8 Å². The van der Waals surface area contributed by atoms with Crippen LogP contribution in [0.15, 0.2) is 12.1 Å². The number of likely N-dealkylation sites (N-methyl/N-ethyl adjacent to an activating group) is 1. The molecular formula is C22H35N3O5. The number of carbonyl (C=O) groups is 2. The van der Waals surface area contributed by atoms with E-state index in [1.807, 2.05) is 35.8 Å². The van der Waals surface area contributed by atoms with Gasteiger partial charge < -0.3 is 24.0 Å². The first-order valence-corrected chi connectivity index (χ1v) is 10.5. The van der Waals surface area contributed by atoms with Crippen molar-refractivity contribution in [1.82, 2.24) is 14.7 Å². The van der Waals surface area contributed by atoms with Gasteiger partial charge in [0.25, 0.3) is 0 Å². The van der Waals surface area contributed by atoms with Gasteiger partial charge in [-0.3, -0.25) is 14.5 Å². The van der Waals surface area contributed by atoms with Crippen LogP contribution in [0.1, 0.15) is 25.8 Å². The summed E-state index contributed by atoms with van der Waals surface area (Å²) in [6.07, 6.45) is 1.01. The maximum Gasteiger partial charge on any atom is 0.236 e. The second-order valence-corrected chi connectivity index (χ2v) is 7.26. The van der Waals surface area contributed by atoms with Gasteiger partial charge in [-0.1, -0.05) is 0 Å². The van der Waals surface area contributed by atoms with Crippen LogP contribution in [0.25, 0.3) is 0 Å². The third-order valence-corrected chi connectivity index (χ3v) is 5.55. The molecule has 0 spiro atoms. The summed E-state index contributed by atoms with van der Waals surface area (Å²) in [4.78, 5) is 30.8. The highest BCUT2D eigenvalue weighted by molar-refractivity contribution is 5.78. The topological polar surface area (TPSA) is 71.6 Å². The molecule has 0 radical (unpaired) electrons. The van der Waals surface area contributed by atoms with E-state index >= 15 is 0 Å². The van der Waals surface area contributed by atoms with E-state index in [0.717, 1.165) is 31.7 Å². The maximum atomic E-state index is 12.7. The molecule has 1 fully saturated rings. The van der Waals surface area contributed by atoms with Crippen molar-refractivity contribution in [2.75, 3.05) is 67.1 Å². The summed E-state index contributed by atoms with van der Waals surface area (Å²) in [7, 11) is 4.73. The zero-order valence-electron chi connectivity index (χ0n) is 18.9. The molecule has 1 aliphatic heterocycles. The van der Waals surface area contributed by atoms with Crippen LogP contribution in [0.2, 0.25) is 0 Å². The van der Waals surface area contributed by atoms with E-state index in [2.05, 4.69) is 4.90 Å². The fourth-order valence-electron chi connectivity index (χ4n) is 3.71. The first-order valence-electron chi connectivity index (χ1n) is 10.5. The molecular weight excluding hydrogens is 386 g/mol. The van der Waals surface area contributed by atoms with Gasteiger partial charge in [-0.05, 0) is 38.0 Å². The number of carbonyl (C=O) groups excluding carboxylic acids is 2. The lowest BCUT2D eigenvalue weighted by Crippen LogP contribution is -2.51. The van der Waals surface area contributed by atoms with Gasteiger partial charge in [0, 0.05) is 45.7 Å². The van der Waals surface area contributed by atoms with Crippen LogP contribution in [-0.4, -0.2) is 93.7 Å². The van der Waals surface area contributed by atoms with Gasteiger partial charge in [0.15, 0.2) is 11.5 Å². The molecule has 0 unspecified atom stereocenters. The molecule has 1 saturated heterocycles. The van der Waals surface area contributed by atoms with E-state index in [9.17, 15) is 9.59 Å². The van der Waals surface area contributed by atoms with E-state index in [-0.39, 0.29) is 11.8 Å². The number of nitrogens with zero attached hydrogens (tertiary/aromatic N) is 3. The van der Waals surface area contributed by atoms with Crippen LogP contribution in [0.5, 0.6) is 17.2 Å². The van der Waals surface area contributed by atoms with E-state index in [0.29, 0.717) is 49.7 Å². The van der Waals surface area contributed by atoms with Crippen molar-refractivity contribution in [3.05, 3.63) is 17.7 Å². The highest BCUT2D eigenvalue weighted by Crippen LogP contribution is 2.38. The second kappa shape index (κ2) is 11.6. The average Bonchev–Trinajstić information content (AvgIpc) is 2.77. The lowest BCUT2D eigenvalue weighted by Gasteiger charge is -2.35. The summed E-state index contributed by atoms with van der Waals surface area (Å²) in [6.45, 7) is 8.63. The number of ether oxygens (including phenoxy) is 3. The smallest absolute Gasteiger partial charge is 0.236 e. The third kappa shape index (κ3) is 6.01. The number of rotatable bonds is 10. The lowest BCUT2D eigenvalue weighted by molar-refractivity contribution is -0.135. The quantitative estimate of drug-likeness (QED) is 0.572. The predicted molar refractivity (Wildman–Crippen MR) is 115 cm³/mol. The van der Waals surface area contributed by atoms with Gasteiger partial charge in [-0.25, -0.2) is 0 Å². The summed E-state index contributed by atoms with van der Waals surface area (Å²) in [6, 6.07) is 3.76. The van der Waals surface area contributed by atoms with Crippen LogP contribution in [0.4, 0.5) is 0 Å². The molecule has 1 aliphatic rings.